The molecule has 0 aromatic heterocycles. The number of carbonyl (C=O) groups excluding carboxylic acids is 1. The average Bonchev–Trinajstić information content (AvgIpc) is 2.83. The molecule has 0 atom stereocenters. The Hall–Kier alpha value is -3.85. The van der Waals surface area contributed by atoms with Gasteiger partial charge in [0.1, 0.15) is 11.2 Å². The molecule has 4 rings (SSSR count). The summed E-state index contributed by atoms with van der Waals surface area (Å²) < 4.78 is 0. The van der Waals surface area contributed by atoms with Crippen molar-refractivity contribution in [1.29, 1.82) is 0 Å². The second kappa shape index (κ2) is 9.31. The summed E-state index contributed by atoms with van der Waals surface area (Å²) in [6.07, 6.45) is 0.752. The van der Waals surface area contributed by atoms with Crippen molar-refractivity contribution in [3.8, 4) is 5.75 Å². The molecule has 154 valence electrons. The molecule has 0 aliphatic heterocycles. The van der Waals surface area contributed by atoms with Crippen molar-refractivity contribution in [3.63, 3.8) is 0 Å². The summed E-state index contributed by atoms with van der Waals surface area (Å²) in [4.78, 5) is 14.0. The Labute approximate surface area is 183 Å². The van der Waals surface area contributed by atoms with Gasteiger partial charge in [0.15, 0.2) is 0 Å². The van der Waals surface area contributed by atoms with E-state index in [1.54, 1.807) is 12.1 Å². The lowest BCUT2D eigenvalue weighted by molar-refractivity contribution is -0.124. The Balaban J connectivity index is 1.79. The number of phenols is 1. The highest BCUT2D eigenvalue weighted by atomic mass is 16.3. The molecule has 0 saturated carbocycles. The van der Waals surface area contributed by atoms with Gasteiger partial charge in [-0.15, -0.1) is 0 Å². The molecule has 0 radical (unpaired) electrons. The molecule has 0 aliphatic rings. The van der Waals surface area contributed by atoms with Crippen LogP contribution in [0, 0.1) is 0 Å². The largest absolute Gasteiger partial charge is 0.508 e. The lowest BCUT2D eigenvalue weighted by Gasteiger charge is -2.34. The highest BCUT2D eigenvalue weighted by Gasteiger charge is 2.43. The molecule has 3 nitrogen and oxygen atoms in total. The van der Waals surface area contributed by atoms with Crippen molar-refractivity contribution in [2.24, 2.45) is 0 Å². The van der Waals surface area contributed by atoms with E-state index in [9.17, 15) is 9.90 Å². The van der Waals surface area contributed by atoms with Crippen molar-refractivity contribution < 1.29 is 9.90 Å². The molecule has 0 fully saturated rings. The van der Waals surface area contributed by atoms with E-state index in [-0.39, 0.29) is 11.7 Å². The first-order chi connectivity index (χ1) is 15.2. The quantitative estimate of drug-likeness (QED) is 0.420. The highest BCUT2D eigenvalue weighted by Crippen LogP contribution is 2.40. The molecule has 0 saturated heterocycles. The first-order valence-corrected chi connectivity index (χ1v) is 10.4. The van der Waals surface area contributed by atoms with Gasteiger partial charge in [0.05, 0.1) is 0 Å². The minimum absolute atomic E-state index is 0.0912. The summed E-state index contributed by atoms with van der Waals surface area (Å²) in [5, 5.41) is 13.0. The maximum atomic E-state index is 14.0. The van der Waals surface area contributed by atoms with Gasteiger partial charge in [0.2, 0.25) is 5.91 Å². The Bertz CT molecular complexity index is 1070. The molecule has 3 heteroatoms. The first kappa shape index (κ1) is 20.4. The van der Waals surface area contributed by atoms with Crippen LogP contribution < -0.4 is 5.32 Å². The molecule has 1 amide bonds. The smallest absolute Gasteiger partial charge is 0.239 e. The summed E-state index contributed by atoms with van der Waals surface area (Å²) >= 11 is 0. The van der Waals surface area contributed by atoms with E-state index in [1.807, 2.05) is 91.0 Å². The third kappa shape index (κ3) is 4.22. The van der Waals surface area contributed by atoms with Crippen molar-refractivity contribution in [2.45, 2.75) is 11.8 Å². The van der Waals surface area contributed by atoms with Crippen LogP contribution in [0.3, 0.4) is 0 Å². The number of phenolic OH excluding ortho intramolecular Hbond substituents is 1. The molecular weight excluding hydrogens is 382 g/mol. The van der Waals surface area contributed by atoms with E-state index in [1.165, 1.54) is 5.56 Å². The van der Waals surface area contributed by atoms with Crippen LogP contribution in [0.5, 0.6) is 5.75 Å². The number of carbonyl (C=O) groups is 1. The van der Waals surface area contributed by atoms with E-state index in [0.717, 1.165) is 23.1 Å². The zero-order valence-corrected chi connectivity index (χ0v) is 17.2. The third-order valence-electron chi connectivity index (χ3n) is 5.60. The summed E-state index contributed by atoms with van der Waals surface area (Å²) in [5.41, 5.74) is 2.71. The normalized spacial score (nSPS) is 11.1. The number of rotatable bonds is 7. The van der Waals surface area contributed by atoms with Gasteiger partial charge in [-0.05, 0) is 40.8 Å². The molecule has 0 bridgehead atoms. The Morgan fingerprint density at radius 1 is 0.645 bits per heavy atom. The monoisotopic (exact) mass is 407 g/mol. The third-order valence-corrected chi connectivity index (χ3v) is 5.60. The maximum Gasteiger partial charge on any atom is 0.239 e. The van der Waals surface area contributed by atoms with Gasteiger partial charge in [0.25, 0.3) is 0 Å². The summed E-state index contributed by atoms with van der Waals surface area (Å²) in [6.45, 7) is 0.530. The average molecular weight is 408 g/mol. The van der Waals surface area contributed by atoms with Crippen LogP contribution in [0.1, 0.15) is 22.3 Å². The van der Waals surface area contributed by atoms with Gasteiger partial charge < -0.3 is 10.4 Å². The summed E-state index contributed by atoms with van der Waals surface area (Å²) in [5.74, 6) is 0.0785. The van der Waals surface area contributed by atoms with Crippen LogP contribution >= 0.6 is 0 Å². The number of aromatic hydroxyl groups is 1. The van der Waals surface area contributed by atoms with Crippen LogP contribution in [0.2, 0.25) is 0 Å². The fourth-order valence-electron chi connectivity index (χ4n) is 4.08. The van der Waals surface area contributed by atoms with Gasteiger partial charge in [0, 0.05) is 6.54 Å². The zero-order chi connectivity index (χ0) is 21.5. The van der Waals surface area contributed by atoms with Crippen LogP contribution in [0.25, 0.3) is 0 Å². The van der Waals surface area contributed by atoms with Crippen LogP contribution in [-0.4, -0.2) is 17.6 Å². The zero-order valence-electron chi connectivity index (χ0n) is 17.2. The fourth-order valence-corrected chi connectivity index (χ4v) is 4.08. The molecule has 0 aliphatic carbocycles. The van der Waals surface area contributed by atoms with Crippen molar-refractivity contribution in [2.75, 3.05) is 6.54 Å². The summed E-state index contributed by atoms with van der Waals surface area (Å²) in [7, 11) is 0. The predicted molar refractivity (Wildman–Crippen MR) is 124 cm³/mol. The van der Waals surface area contributed by atoms with E-state index >= 15 is 0 Å². The fraction of sp³-hybridized carbons (Fsp3) is 0.107. The topological polar surface area (TPSA) is 49.3 Å². The molecule has 0 heterocycles. The second-order valence-corrected chi connectivity index (χ2v) is 7.52. The van der Waals surface area contributed by atoms with Crippen LogP contribution in [-0.2, 0) is 16.6 Å². The van der Waals surface area contributed by atoms with E-state index in [2.05, 4.69) is 17.4 Å². The first-order valence-electron chi connectivity index (χ1n) is 10.4. The molecule has 0 unspecified atom stereocenters. The maximum absolute atomic E-state index is 14.0. The number of hydrogen-bond donors (Lipinski definition) is 2. The lowest BCUT2D eigenvalue weighted by Crippen LogP contribution is -2.46. The Morgan fingerprint density at radius 2 is 1.10 bits per heavy atom. The number of hydrogen-bond acceptors (Lipinski definition) is 2. The SMILES string of the molecule is O=C(NCCc1ccccc1)C(c1ccccc1)(c1ccccc1)c1ccc(O)cc1. The van der Waals surface area contributed by atoms with Gasteiger partial charge in [-0.3, -0.25) is 4.79 Å². The minimum Gasteiger partial charge on any atom is -0.508 e. The van der Waals surface area contributed by atoms with E-state index < -0.39 is 5.41 Å². The van der Waals surface area contributed by atoms with E-state index in [0.29, 0.717) is 6.54 Å². The Kier molecular flexibility index (Phi) is 6.13. The number of nitrogens with one attached hydrogen (secondary N) is 1. The molecule has 4 aromatic rings. The van der Waals surface area contributed by atoms with Crippen LogP contribution in [0.15, 0.2) is 115 Å². The molecule has 0 spiro atoms. The second-order valence-electron chi connectivity index (χ2n) is 7.52. The Morgan fingerprint density at radius 3 is 1.61 bits per heavy atom. The lowest BCUT2D eigenvalue weighted by atomic mass is 9.68. The number of amides is 1. The van der Waals surface area contributed by atoms with Gasteiger partial charge in [-0.25, -0.2) is 0 Å². The van der Waals surface area contributed by atoms with Crippen molar-refractivity contribution in [3.05, 3.63) is 138 Å². The standard InChI is InChI=1S/C28H25NO2/c30-26-18-16-25(17-19-26)28(23-12-6-2-7-13-23,24-14-8-3-9-15-24)27(31)29-21-20-22-10-4-1-5-11-22/h1-19,30H,20-21H2,(H,29,31). The van der Waals surface area contributed by atoms with Crippen LogP contribution in [0.4, 0.5) is 0 Å². The molecule has 31 heavy (non-hydrogen) atoms. The van der Waals surface area contributed by atoms with Crippen molar-refractivity contribution >= 4 is 5.91 Å². The predicted octanol–water partition coefficient (Wildman–Crippen LogP) is 5.09. The molecule has 4 aromatic carbocycles. The minimum atomic E-state index is -1.03. The van der Waals surface area contributed by atoms with Gasteiger partial charge >= 0.3 is 0 Å². The highest BCUT2D eigenvalue weighted by molar-refractivity contribution is 5.96. The van der Waals surface area contributed by atoms with Crippen molar-refractivity contribution in [1.82, 2.24) is 5.32 Å². The number of benzene rings is 4. The van der Waals surface area contributed by atoms with Gasteiger partial charge in [-0.1, -0.05) is 103 Å². The summed E-state index contributed by atoms with van der Waals surface area (Å²) in [6, 6.07) is 36.7. The van der Waals surface area contributed by atoms with Gasteiger partial charge in [-0.2, -0.15) is 0 Å². The molecular formula is C28H25NO2. The van der Waals surface area contributed by atoms with E-state index in [4.69, 9.17) is 0 Å². The molecule has 2 N–H and O–H groups in total.